The van der Waals surface area contributed by atoms with Gasteiger partial charge in [-0.3, -0.25) is 24.5 Å². The number of ether oxygens (including phenoxy) is 1. The average molecular weight is 397 g/mol. The zero-order valence-electron chi connectivity index (χ0n) is 15.0. The lowest BCUT2D eigenvalue weighted by Crippen LogP contribution is -2.32. The summed E-state index contributed by atoms with van der Waals surface area (Å²) in [7, 11) is 0. The molecular weight excluding hydrogens is 376 g/mol. The number of anilines is 1. The number of rotatable bonds is 7. The summed E-state index contributed by atoms with van der Waals surface area (Å²) >= 11 is 5.96. The van der Waals surface area contributed by atoms with Crippen LogP contribution in [0.4, 0.5) is 5.69 Å². The van der Waals surface area contributed by atoms with Crippen LogP contribution >= 0.6 is 11.6 Å². The molecule has 9 heteroatoms. The van der Waals surface area contributed by atoms with Crippen LogP contribution in [0.15, 0.2) is 24.3 Å². The highest BCUT2D eigenvalue weighted by Gasteiger charge is 2.44. The van der Waals surface area contributed by atoms with Crippen molar-refractivity contribution in [1.29, 1.82) is 0 Å². The molecule has 0 aliphatic heterocycles. The van der Waals surface area contributed by atoms with E-state index in [0.29, 0.717) is 10.7 Å². The molecule has 27 heavy (non-hydrogen) atoms. The zero-order valence-corrected chi connectivity index (χ0v) is 15.8. The van der Waals surface area contributed by atoms with Gasteiger partial charge in [-0.1, -0.05) is 30.7 Å². The summed E-state index contributed by atoms with van der Waals surface area (Å²) in [6.45, 7) is 2.79. The lowest BCUT2D eigenvalue weighted by molar-refractivity contribution is -0.490. The average Bonchev–Trinajstić information content (AvgIpc) is 2.83. The molecule has 0 bridgehead atoms. The number of para-hydroxylation sites is 1. The maximum Gasteiger partial charge on any atom is 0.307 e. The van der Waals surface area contributed by atoms with E-state index >= 15 is 0 Å². The number of carbonyl (C=O) groups excluding carboxylic acids is 3. The maximum atomic E-state index is 12.2. The Labute approximate surface area is 161 Å². The van der Waals surface area contributed by atoms with Crippen molar-refractivity contribution < 1.29 is 24.0 Å². The number of amides is 1. The van der Waals surface area contributed by atoms with Gasteiger partial charge < -0.3 is 10.1 Å². The van der Waals surface area contributed by atoms with Gasteiger partial charge in [-0.2, -0.15) is 0 Å². The summed E-state index contributed by atoms with van der Waals surface area (Å²) in [6, 6.07) is 6.62. The first-order valence-corrected chi connectivity index (χ1v) is 8.96. The molecule has 1 N–H and O–H groups in total. The second-order valence-electron chi connectivity index (χ2n) is 6.74. The van der Waals surface area contributed by atoms with E-state index in [1.54, 1.807) is 31.2 Å². The van der Waals surface area contributed by atoms with E-state index in [2.05, 4.69) is 5.32 Å². The second-order valence-corrected chi connectivity index (χ2v) is 7.15. The van der Waals surface area contributed by atoms with Crippen LogP contribution in [-0.4, -0.2) is 35.2 Å². The minimum atomic E-state index is -1.10. The molecular formula is C18H21ClN2O6. The summed E-state index contributed by atoms with van der Waals surface area (Å²) < 4.78 is 5.11. The van der Waals surface area contributed by atoms with Crippen molar-refractivity contribution in [2.45, 2.75) is 32.8 Å². The normalized spacial score (nSPS) is 22.9. The first-order chi connectivity index (χ1) is 12.7. The van der Waals surface area contributed by atoms with Crippen molar-refractivity contribution in [3.63, 3.8) is 0 Å². The van der Waals surface area contributed by atoms with Gasteiger partial charge >= 0.3 is 5.97 Å². The van der Waals surface area contributed by atoms with Gasteiger partial charge in [0.2, 0.25) is 6.54 Å². The molecule has 1 fully saturated rings. The third-order valence-corrected chi connectivity index (χ3v) is 5.07. The van der Waals surface area contributed by atoms with E-state index in [1.807, 2.05) is 0 Å². The van der Waals surface area contributed by atoms with Gasteiger partial charge in [0.1, 0.15) is 5.78 Å². The predicted octanol–water partition coefficient (Wildman–Crippen LogP) is 2.72. The monoisotopic (exact) mass is 396 g/mol. The smallest absolute Gasteiger partial charge is 0.307 e. The Morgan fingerprint density at radius 1 is 1.41 bits per heavy atom. The number of ketones is 1. The topological polar surface area (TPSA) is 116 Å². The molecule has 1 aromatic rings. The van der Waals surface area contributed by atoms with E-state index in [0.717, 1.165) is 0 Å². The number of Topliss-reactive ketones (excluding diaryl/α,β-unsaturated/α-hetero) is 1. The zero-order chi connectivity index (χ0) is 20.1. The number of carbonyl (C=O) groups is 3. The van der Waals surface area contributed by atoms with Crippen LogP contribution in [0.5, 0.6) is 0 Å². The van der Waals surface area contributed by atoms with Crippen molar-refractivity contribution in [2.24, 2.45) is 17.8 Å². The van der Waals surface area contributed by atoms with Crippen LogP contribution in [0.1, 0.15) is 26.7 Å². The fourth-order valence-electron chi connectivity index (χ4n) is 3.28. The third kappa shape index (κ3) is 5.50. The molecule has 1 amide bonds. The van der Waals surface area contributed by atoms with Gasteiger partial charge in [0.15, 0.2) is 6.10 Å². The van der Waals surface area contributed by atoms with E-state index < -0.39 is 34.7 Å². The quantitative estimate of drug-likeness (QED) is 0.430. The van der Waals surface area contributed by atoms with Crippen molar-refractivity contribution in [3.05, 3.63) is 39.4 Å². The predicted molar refractivity (Wildman–Crippen MR) is 97.9 cm³/mol. The SMILES string of the molecule is C[C@H](OC(=O)C[C@@H]1C(=O)C[C@H](C)[C@H]1C[N+](=O)[O-])C(=O)Nc1ccccc1Cl. The molecule has 1 aromatic carbocycles. The molecule has 1 saturated carbocycles. The van der Waals surface area contributed by atoms with Crippen LogP contribution in [0, 0.1) is 27.9 Å². The first-order valence-electron chi connectivity index (χ1n) is 8.58. The van der Waals surface area contributed by atoms with Crippen LogP contribution in [-0.2, 0) is 19.1 Å². The number of halogens is 1. The Bertz CT molecular complexity index is 753. The number of benzene rings is 1. The maximum absolute atomic E-state index is 12.2. The molecule has 0 unspecified atom stereocenters. The van der Waals surface area contributed by atoms with E-state index in [9.17, 15) is 24.5 Å². The fraction of sp³-hybridized carbons (Fsp3) is 0.500. The molecule has 0 spiro atoms. The van der Waals surface area contributed by atoms with Gasteiger partial charge in [0.25, 0.3) is 5.91 Å². The third-order valence-electron chi connectivity index (χ3n) is 4.74. The number of nitrogens with one attached hydrogen (secondary N) is 1. The van der Waals surface area contributed by atoms with Gasteiger partial charge in [0, 0.05) is 23.2 Å². The minimum absolute atomic E-state index is 0.165. The van der Waals surface area contributed by atoms with E-state index in [-0.39, 0.29) is 31.1 Å². The number of nitrogens with zero attached hydrogens (tertiary/aromatic N) is 1. The standard InChI is InChI=1S/C18H21ClN2O6/c1-10-7-16(22)12(13(10)9-21(25)26)8-17(23)27-11(2)18(24)20-15-6-4-3-5-14(15)19/h3-6,10-13H,7-9H2,1-2H3,(H,20,24)/t10-,11-,12-,13+/m0/s1. The van der Waals surface area contributed by atoms with Gasteiger partial charge in [0.05, 0.1) is 17.1 Å². The first kappa shape index (κ1) is 20.8. The van der Waals surface area contributed by atoms with Crippen molar-refractivity contribution in [2.75, 3.05) is 11.9 Å². The molecule has 2 rings (SSSR count). The molecule has 1 aliphatic rings. The summed E-state index contributed by atoms with van der Waals surface area (Å²) in [6.07, 6.45) is -1.17. The summed E-state index contributed by atoms with van der Waals surface area (Å²) in [4.78, 5) is 46.8. The van der Waals surface area contributed by atoms with Crippen molar-refractivity contribution in [3.8, 4) is 0 Å². The molecule has 0 radical (unpaired) electrons. The highest BCUT2D eigenvalue weighted by atomic mass is 35.5. The van der Waals surface area contributed by atoms with Crippen LogP contribution in [0.2, 0.25) is 5.02 Å². The van der Waals surface area contributed by atoms with Gasteiger partial charge in [-0.15, -0.1) is 0 Å². The number of nitro groups is 1. The molecule has 0 saturated heterocycles. The van der Waals surface area contributed by atoms with Gasteiger partial charge in [-0.05, 0) is 25.0 Å². The lowest BCUT2D eigenvalue weighted by atomic mass is 9.88. The summed E-state index contributed by atoms with van der Waals surface area (Å²) in [5.74, 6) is -2.91. The van der Waals surface area contributed by atoms with Crippen LogP contribution < -0.4 is 5.32 Å². The largest absolute Gasteiger partial charge is 0.453 e. The Morgan fingerprint density at radius 2 is 2.07 bits per heavy atom. The van der Waals surface area contributed by atoms with E-state index in [1.165, 1.54) is 6.92 Å². The molecule has 8 nitrogen and oxygen atoms in total. The molecule has 0 aromatic heterocycles. The Kier molecular flexibility index (Phi) is 6.90. The molecule has 146 valence electrons. The highest BCUT2D eigenvalue weighted by Crippen LogP contribution is 2.36. The van der Waals surface area contributed by atoms with Crippen molar-refractivity contribution >= 4 is 34.9 Å². The van der Waals surface area contributed by atoms with Gasteiger partial charge in [-0.25, -0.2) is 0 Å². The van der Waals surface area contributed by atoms with Crippen molar-refractivity contribution in [1.82, 2.24) is 0 Å². The fourth-order valence-corrected chi connectivity index (χ4v) is 3.46. The number of hydrogen-bond donors (Lipinski definition) is 1. The Balaban J connectivity index is 1.93. The minimum Gasteiger partial charge on any atom is -0.453 e. The van der Waals surface area contributed by atoms with E-state index in [4.69, 9.17) is 16.3 Å². The summed E-state index contributed by atoms with van der Waals surface area (Å²) in [5, 5.41) is 13.7. The highest BCUT2D eigenvalue weighted by molar-refractivity contribution is 6.33. The molecule has 1 aliphatic carbocycles. The lowest BCUT2D eigenvalue weighted by Gasteiger charge is -2.19. The number of hydrogen-bond acceptors (Lipinski definition) is 6. The van der Waals surface area contributed by atoms with Crippen LogP contribution in [0.25, 0.3) is 0 Å². The Morgan fingerprint density at radius 3 is 2.70 bits per heavy atom. The Hall–Kier alpha value is -2.48. The second kappa shape index (κ2) is 8.94. The molecule has 0 heterocycles. The number of esters is 1. The molecule has 4 atom stereocenters. The van der Waals surface area contributed by atoms with Crippen LogP contribution in [0.3, 0.4) is 0 Å². The summed E-state index contributed by atoms with van der Waals surface area (Å²) in [5.41, 5.74) is 0.387.